The number of ether oxygens (including phenoxy) is 1. The maximum absolute atomic E-state index is 13.1. The molecular weight excluding hydrogens is 412 g/mol. The fourth-order valence-corrected chi connectivity index (χ4v) is 4.45. The van der Waals surface area contributed by atoms with Crippen molar-refractivity contribution in [3.05, 3.63) is 60.4 Å². The summed E-state index contributed by atoms with van der Waals surface area (Å²) in [4.78, 5) is 32.3. The minimum Gasteiger partial charge on any atom is -0.472 e. The van der Waals surface area contributed by atoms with E-state index in [2.05, 4.69) is 15.5 Å². The quantitative estimate of drug-likeness (QED) is 0.654. The second-order valence-electron chi connectivity index (χ2n) is 8.13. The average molecular weight is 436 g/mol. The molecular formula is C23H24N4O5. The Morgan fingerprint density at radius 3 is 2.62 bits per heavy atom. The number of carbonyl (C=O) groups excluding carboxylic acids is 2. The van der Waals surface area contributed by atoms with Gasteiger partial charge in [-0.05, 0) is 18.9 Å². The number of amides is 2. The first-order chi connectivity index (χ1) is 15.7. The minimum atomic E-state index is -0.309. The van der Waals surface area contributed by atoms with Gasteiger partial charge in [-0.2, -0.15) is 4.98 Å². The average Bonchev–Trinajstić information content (AvgIpc) is 3.60. The smallest absolute Gasteiger partial charge is 0.254 e. The van der Waals surface area contributed by atoms with Crippen LogP contribution in [0.15, 0.2) is 57.9 Å². The predicted molar refractivity (Wildman–Crippen MR) is 113 cm³/mol. The molecule has 1 saturated carbocycles. The highest BCUT2D eigenvalue weighted by Gasteiger charge is 2.43. The first-order valence-electron chi connectivity index (χ1n) is 10.8. The Morgan fingerprint density at radius 1 is 1.06 bits per heavy atom. The van der Waals surface area contributed by atoms with E-state index in [0.29, 0.717) is 56.4 Å². The van der Waals surface area contributed by atoms with Crippen LogP contribution in [0.1, 0.15) is 35.0 Å². The molecule has 32 heavy (non-hydrogen) atoms. The normalized spacial score (nSPS) is 23.2. The van der Waals surface area contributed by atoms with Gasteiger partial charge in [0.2, 0.25) is 17.6 Å². The van der Waals surface area contributed by atoms with E-state index in [0.717, 1.165) is 5.56 Å². The summed E-state index contributed by atoms with van der Waals surface area (Å²) in [6, 6.07) is 10.9. The summed E-state index contributed by atoms with van der Waals surface area (Å²) < 4.78 is 16.0. The number of hydrogen-bond acceptors (Lipinski definition) is 7. The molecule has 3 heterocycles. The molecule has 2 aromatic heterocycles. The number of furan rings is 1. The van der Waals surface area contributed by atoms with E-state index in [1.165, 1.54) is 12.5 Å². The van der Waals surface area contributed by atoms with Crippen molar-refractivity contribution < 1.29 is 23.3 Å². The van der Waals surface area contributed by atoms with E-state index < -0.39 is 0 Å². The van der Waals surface area contributed by atoms with Crippen molar-refractivity contribution in [2.24, 2.45) is 5.92 Å². The molecule has 1 aliphatic heterocycles. The summed E-state index contributed by atoms with van der Waals surface area (Å²) in [5, 5.41) is 7.17. The summed E-state index contributed by atoms with van der Waals surface area (Å²) in [5.74, 6) is 0.255. The van der Waals surface area contributed by atoms with Crippen LogP contribution < -0.4 is 5.32 Å². The first-order valence-corrected chi connectivity index (χ1v) is 10.8. The molecule has 1 N–H and O–H groups in total. The molecule has 1 aromatic carbocycles. The standard InChI is InChI=1S/C23H24N4O5/c28-21(16-6-9-31-14-16)24-19-13-17(23(29)27-7-10-30-11-8-27)12-18(19)22-25-20(26-32-22)15-4-2-1-3-5-15/h1-6,9,14,17-19H,7-8,10-13H2,(H,24,28)/t17-,18-,19+/m1/s1. The van der Waals surface area contributed by atoms with Gasteiger partial charge in [0, 0.05) is 30.6 Å². The lowest BCUT2D eigenvalue weighted by molar-refractivity contribution is -0.139. The number of nitrogens with one attached hydrogen (secondary N) is 1. The molecule has 0 unspecified atom stereocenters. The van der Waals surface area contributed by atoms with Gasteiger partial charge in [-0.25, -0.2) is 0 Å². The van der Waals surface area contributed by atoms with Crippen molar-refractivity contribution >= 4 is 11.8 Å². The molecule has 1 saturated heterocycles. The topological polar surface area (TPSA) is 111 Å². The third-order valence-corrected chi connectivity index (χ3v) is 6.13. The van der Waals surface area contributed by atoms with Crippen LogP contribution in [-0.2, 0) is 9.53 Å². The Kier molecular flexibility index (Phi) is 5.72. The highest BCUT2D eigenvalue weighted by molar-refractivity contribution is 5.94. The molecule has 9 heteroatoms. The minimum absolute atomic E-state index is 0.0844. The molecule has 2 aliphatic rings. The number of hydrogen-bond donors (Lipinski definition) is 1. The molecule has 1 aliphatic carbocycles. The number of nitrogens with zero attached hydrogens (tertiary/aromatic N) is 3. The Hall–Kier alpha value is -3.46. The highest BCUT2D eigenvalue weighted by atomic mass is 16.5. The van der Waals surface area contributed by atoms with E-state index in [9.17, 15) is 9.59 Å². The van der Waals surface area contributed by atoms with Gasteiger partial charge in [0.15, 0.2) is 0 Å². The molecule has 166 valence electrons. The molecule has 0 spiro atoms. The fraction of sp³-hybridized carbons (Fsp3) is 0.391. The molecule has 2 fully saturated rings. The third kappa shape index (κ3) is 4.16. The SMILES string of the molecule is O=C(N[C@H]1C[C@H](C(=O)N2CCOCC2)C[C@H]1c1nc(-c2ccccc2)no1)c1ccoc1. The summed E-state index contributed by atoms with van der Waals surface area (Å²) in [5.41, 5.74) is 1.28. The van der Waals surface area contributed by atoms with Crippen molar-refractivity contribution in [1.82, 2.24) is 20.4 Å². The summed E-state index contributed by atoms with van der Waals surface area (Å²) in [6.07, 6.45) is 3.89. The van der Waals surface area contributed by atoms with Crippen molar-refractivity contribution in [2.45, 2.75) is 24.8 Å². The number of aromatic nitrogens is 2. The Balaban J connectivity index is 1.38. The van der Waals surface area contributed by atoms with Crippen LogP contribution >= 0.6 is 0 Å². The van der Waals surface area contributed by atoms with Gasteiger partial charge in [-0.1, -0.05) is 35.5 Å². The Morgan fingerprint density at radius 2 is 1.88 bits per heavy atom. The number of rotatable bonds is 5. The fourth-order valence-electron chi connectivity index (χ4n) is 4.45. The van der Waals surface area contributed by atoms with E-state index in [1.54, 1.807) is 6.07 Å². The van der Waals surface area contributed by atoms with E-state index >= 15 is 0 Å². The van der Waals surface area contributed by atoms with Crippen LogP contribution in [0, 0.1) is 5.92 Å². The van der Waals surface area contributed by atoms with Gasteiger partial charge in [-0.15, -0.1) is 0 Å². The van der Waals surface area contributed by atoms with Crippen molar-refractivity contribution in [3.63, 3.8) is 0 Å². The van der Waals surface area contributed by atoms with E-state index in [4.69, 9.17) is 13.7 Å². The van der Waals surface area contributed by atoms with Crippen molar-refractivity contribution in [2.75, 3.05) is 26.3 Å². The lowest BCUT2D eigenvalue weighted by Gasteiger charge is -2.29. The van der Waals surface area contributed by atoms with Crippen molar-refractivity contribution in [1.29, 1.82) is 0 Å². The van der Waals surface area contributed by atoms with Crippen molar-refractivity contribution in [3.8, 4) is 11.4 Å². The second kappa shape index (κ2) is 8.96. The van der Waals surface area contributed by atoms with E-state index in [1.807, 2.05) is 35.2 Å². The Bertz CT molecular complexity index is 1060. The monoisotopic (exact) mass is 436 g/mol. The molecule has 2 amide bonds. The zero-order valence-electron chi connectivity index (χ0n) is 17.5. The van der Waals surface area contributed by atoms with Gasteiger partial charge in [-0.3, -0.25) is 9.59 Å². The molecule has 0 bridgehead atoms. The predicted octanol–water partition coefficient (Wildman–Crippen LogP) is 2.48. The van der Waals surface area contributed by atoms with Crippen LogP contribution in [0.3, 0.4) is 0 Å². The Labute approximate surface area is 184 Å². The molecule has 9 nitrogen and oxygen atoms in total. The van der Waals surface area contributed by atoms with Crippen LogP contribution in [0.2, 0.25) is 0 Å². The molecule has 3 aromatic rings. The number of carbonyl (C=O) groups is 2. The van der Waals surface area contributed by atoms with E-state index in [-0.39, 0.29) is 29.7 Å². The van der Waals surface area contributed by atoms with Gasteiger partial charge in [0.25, 0.3) is 5.91 Å². The summed E-state index contributed by atoms with van der Waals surface area (Å²) >= 11 is 0. The molecule has 5 rings (SSSR count). The highest BCUT2D eigenvalue weighted by Crippen LogP contribution is 2.39. The summed E-state index contributed by atoms with van der Waals surface area (Å²) in [6.45, 7) is 2.27. The zero-order valence-corrected chi connectivity index (χ0v) is 17.5. The van der Waals surface area contributed by atoms with Gasteiger partial charge in [0.05, 0.1) is 31.0 Å². The molecule has 3 atom stereocenters. The summed E-state index contributed by atoms with van der Waals surface area (Å²) in [7, 11) is 0. The lowest BCUT2D eigenvalue weighted by atomic mass is 10.0. The van der Waals surface area contributed by atoms with Gasteiger partial charge in [0.1, 0.15) is 6.26 Å². The van der Waals surface area contributed by atoms with Crippen LogP contribution in [0.25, 0.3) is 11.4 Å². The third-order valence-electron chi connectivity index (χ3n) is 6.13. The molecule has 0 radical (unpaired) electrons. The number of benzene rings is 1. The zero-order chi connectivity index (χ0) is 21.9. The second-order valence-corrected chi connectivity index (χ2v) is 8.13. The van der Waals surface area contributed by atoms with Gasteiger partial charge < -0.3 is 23.9 Å². The van der Waals surface area contributed by atoms with Crippen LogP contribution in [-0.4, -0.2) is 59.2 Å². The largest absolute Gasteiger partial charge is 0.472 e. The maximum Gasteiger partial charge on any atom is 0.254 e. The van der Waals surface area contributed by atoms with Crippen LogP contribution in [0.4, 0.5) is 0 Å². The maximum atomic E-state index is 13.1. The first kappa shape index (κ1) is 20.4. The van der Waals surface area contributed by atoms with Gasteiger partial charge >= 0.3 is 0 Å². The van der Waals surface area contributed by atoms with Crippen LogP contribution in [0.5, 0.6) is 0 Å². The number of morpholine rings is 1. The lowest BCUT2D eigenvalue weighted by Crippen LogP contribution is -2.43.